The second kappa shape index (κ2) is 8.78. The molecule has 0 spiro atoms. The van der Waals surface area contributed by atoms with Crippen LogP contribution in [0.1, 0.15) is 4.88 Å². The first-order valence-electron chi connectivity index (χ1n) is 9.93. The minimum Gasteiger partial charge on any atom is -0.383 e. The largest absolute Gasteiger partial charge is 0.383 e. The van der Waals surface area contributed by atoms with Gasteiger partial charge in [0.2, 0.25) is 5.95 Å². The molecule has 3 heterocycles. The fourth-order valence-corrected chi connectivity index (χ4v) is 4.46. The van der Waals surface area contributed by atoms with Crippen LogP contribution in [0.25, 0.3) is 28.0 Å². The number of halogens is 2. The van der Waals surface area contributed by atoms with E-state index in [1.165, 1.54) is 4.88 Å². The normalized spacial score (nSPS) is 11.2. The summed E-state index contributed by atoms with van der Waals surface area (Å²) in [6, 6.07) is 19.3. The average Bonchev–Trinajstić information content (AvgIpc) is 3.44. The summed E-state index contributed by atoms with van der Waals surface area (Å²) in [5.41, 5.74) is 9.39. The topological polar surface area (TPSA) is 81.7 Å². The lowest BCUT2D eigenvalue weighted by molar-refractivity contribution is 0.899. The van der Waals surface area contributed by atoms with Crippen LogP contribution in [0.15, 0.2) is 66.0 Å². The van der Waals surface area contributed by atoms with E-state index in [-0.39, 0.29) is 0 Å². The van der Waals surface area contributed by atoms with Crippen molar-refractivity contribution in [1.82, 2.24) is 19.7 Å². The quantitative estimate of drug-likeness (QED) is 0.307. The van der Waals surface area contributed by atoms with Crippen LogP contribution in [0.2, 0.25) is 10.0 Å². The van der Waals surface area contributed by atoms with Crippen molar-refractivity contribution >= 4 is 57.3 Å². The highest BCUT2D eigenvalue weighted by atomic mass is 35.5. The summed E-state index contributed by atoms with van der Waals surface area (Å²) >= 11 is 14.0. The highest BCUT2D eigenvalue weighted by molar-refractivity contribution is 7.09. The molecule has 3 N–H and O–H groups in total. The maximum atomic E-state index is 6.54. The van der Waals surface area contributed by atoms with Crippen molar-refractivity contribution < 1.29 is 0 Å². The van der Waals surface area contributed by atoms with Gasteiger partial charge in [-0.1, -0.05) is 59.6 Å². The van der Waals surface area contributed by atoms with Gasteiger partial charge in [0.1, 0.15) is 5.82 Å². The summed E-state index contributed by atoms with van der Waals surface area (Å²) in [6.07, 6.45) is 0.888. The van der Waals surface area contributed by atoms with Gasteiger partial charge < -0.3 is 11.1 Å². The molecule has 0 saturated carbocycles. The molecule has 0 fully saturated rings. The van der Waals surface area contributed by atoms with Crippen LogP contribution < -0.4 is 11.1 Å². The summed E-state index contributed by atoms with van der Waals surface area (Å²) in [4.78, 5) is 10.7. The molecule has 0 radical (unpaired) electrons. The molecule has 32 heavy (non-hydrogen) atoms. The molecule has 9 heteroatoms. The van der Waals surface area contributed by atoms with Gasteiger partial charge in [0, 0.05) is 17.0 Å². The van der Waals surface area contributed by atoms with Crippen molar-refractivity contribution in [2.75, 3.05) is 17.6 Å². The molecule has 0 unspecified atom stereocenters. The maximum Gasteiger partial charge on any atom is 0.225 e. The van der Waals surface area contributed by atoms with Crippen LogP contribution in [0, 0.1) is 0 Å². The van der Waals surface area contributed by atoms with E-state index < -0.39 is 0 Å². The Hall–Kier alpha value is -3.13. The van der Waals surface area contributed by atoms with Gasteiger partial charge in [-0.05, 0) is 36.1 Å². The molecule has 2 aromatic carbocycles. The molecule has 0 bridgehead atoms. The van der Waals surface area contributed by atoms with Crippen LogP contribution in [-0.2, 0) is 6.42 Å². The molecular weight excluding hydrogens is 463 g/mol. The number of anilines is 2. The standard InChI is InChI=1S/C23H18Cl2N6S/c24-17-9-8-15(13-18(17)25)31-21(26)19-20(14-5-2-1-3-6-14)28-23(29-22(19)30-31)27-11-10-16-7-4-12-32-16/h1-9,12-13H,10-11,26H2,(H,27,29,30). The molecule has 0 atom stereocenters. The molecule has 160 valence electrons. The first kappa shape index (κ1) is 20.8. The van der Waals surface area contributed by atoms with Crippen molar-refractivity contribution in [1.29, 1.82) is 0 Å². The van der Waals surface area contributed by atoms with Gasteiger partial charge in [0.25, 0.3) is 0 Å². The van der Waals surface area contributed by atoms with E-state index in [0.717, 1.165) is 17.7 Å². The Balaban J connectivity index is 1.60. The summed E-state index contributed by atoms with van der Waals surface area (Å²) in [6.45, 7) is 0.712. The predicted molar refractivity (Wildman–Crippen MR) is 133 cm³/mol. The minimum absolute atomic E-state index is 0.424. The number of rotatable bonds is 6. The van der Waals surface area contributed by atoms with Crippen molar-refractivity contribution in [2.24, 2.45) is 0 Å². The van der Waals surface area contributed by atoms with Crippen LogP contribution in [0.5, 0.6) is 0 Å². The summed E-state index contributed by atoms with van der Waals surface area (Å²) in [7, 11) is 0. The zero-order chi connectivity index (χ0) is 22.1. The molecule has 5 aromatic rings. The molecule has 5 rings (SSSR count). The lowest BCUT2D eigenvalue weighted by Crippen LogP contribution is -2.08. The zero-order valence-corrected chi connectivity index (χ0v) is 19.1. The van der Waals surface area contributed by atoms with Crippen LogP contribution in [0.3, 0.4) is 0 Å². The zero-order valence-electron chi connectivity index (χ0n) is 16.8. The number of fused-ring (bicyclic) bond motifs is 1. The number of nitrogens with two attached hydrogens (primary N) is 1. The average molecular weight is 481 g/mol. The van der Waals surface area contributed by atoms with Crippen molar-refractivity contribution in [3.8, 4) is 16.9 Å². The molecule has 0 saturated heterocycles. The van der Waals surface area contributed by atoms with Gasteiger partial charge in [0.15, 0.2) is 5.65 Å². The van der Waals surface area contributed by atoms with E-state index in [4.69, 9.17) is 33.9 Å². The van der Waals surface area contributed by atoms with Crippen LogP contribution >= 0.6 is 34.5 Å². The monoisotopic (exact) mass is 480 g/mol. The van der Waals surface area contributed by atoms with E-state index in [2.05, 4.69) is 32.9 Å². The van der Waals surface area contributed by atoms with Gasteiger partial charge in [-0.15, -0.1) is 16.4 Å². The first-order chi connectivity index (χ1) is 15.6. The van der Waals surface area contributed by atoms with E-state index in [9.17, 15) is 0 Å². The number of aromatic nitrogens is 4. The van der Waals surface area contributed by atoms with Gasteiger partial charge in [0.05, 0.1) is 26.8 Å². The van der Waals surface area contributed by atoms with Gasteiger partial charge in [-0.25, -0.2) is 9.67 Å². The number of nitrogens with one attached hydrogen (secondary N) is 1. The maximum absolute atomic E-state index is 6.54. The Labute approximate surface area is 198 Å². The summed E-state index contributed by atoms with van der Waals surface area (Å²) in [5, 5.41) is 11.6. The Bertz CT molecular complexity index is 1380. The third kappa shape index (κ3) is 4.02. The van der Waals surface area contributed by atoms with Gasteiger partial charge in [-0.2, -0.15) is 4.98 Å². The number of nitrogens with zero attached hydrogens (tertiary/aromatic N) is 4. The molecule has 3 aromatic heterocycles. The number of nitrogen functional groups attached to an aromatic ring is 1. The van der Waals surface area contributed by atoms with E-state index in [1.54, 1.807) is 28.2 Å². The van der Waals surface area contributed by atoms with Crippen molar-refractivity contribution in [2.45, 2.75) is 6.42 Å². The second-order valence-electron chi connectivity index (χ2n) is 7.11. The molecule has 0 aliphatic rings. The van der Waals surface area contributed by atoms with Gasteiger partial charge in [-0.3, -0.25) is 0 Å². The number of benzene rings is 2. The van der Waals surface area contributed by atoms with E-state index >= 15 is 0 Å². The van der Waals surface area contributed by atoms with E-state index in [1.807, 2.05) is 36.4 Å². The van der Waals surface area contributed by atoms with Crippen molar-refractivity contribution in [3.05, 3.63) is 81.0 Å². The van der Waals surface area contributed by atoms with Crippen molar-refractivity contribution in [3.63, 3.8) is 0 Å². The third-order valence-electron chi connectivity index (χ3n) is 5.00. The lowest BCUT2D eigenvalue weighted by Gasteiger charge is -2.08. The third-order valence-corrected chi connectivity index (χ3v) is 6.67. The van der Waals surface area contributed by atoms with Gasteiger partial charge >= 0.3 is 0 Å². The minimum atomic E-state index is 0.424. The predicted octanol–water partition coefficient (Wildman–Crippen LogP) is 6.09. The van der Waals surface area contributed by atoms with Crippen LogP contribution in [0.4, 0.5) is 11.8 Å². The fraction of sp³-hybridized carbons (Fsp3) is 0.0870. The van der Waals surface area contributed by atoms with E-state index in [0.29, 0.717) is 45.1 Å². The highest BCUT2D eigenvalue weighted by Crippen LogP contribution is 2.34. The second-order valence-corrected chi connectivity index (χ2v) is 8.96. The molecule has 6 nitrogen and oxygen atoms in total. The summed E-state index contributed by atoms with van der Waals surface area (Å²) < 4.78 is 1.61. The Morgan fingerprint density at radius 3 is 2.56 bits per heavy atom. The number of hydrogen-bond acceptors (Lipinski definition) is 6. The number of hydrogen-bond donors (Lipinski definition) is 2. The summed E-state index contributed by atoms with van der Waals surface area (Å²) in [5.74, 6) is 0.939. The van der Waals surface area contributed by atoms with Crippen LogP contribution in [-0.4, -0.2) is 26.3 Å². The highest BCUT2D eigenvalue weighted by Gasteiger charge is 2.19. The first-order valence-corrected chi connectivity index (χ1v) is 11.6. The molecule has 0 aliphatic carbocycles. The Morgan fingerprint density at radius 2 is 1.81 bits per heavy atom. The Kier molecular flexibility index (Phi) is 5.70. The Morgan fingerprint density at radius 1 is 0.969 bits per heavy atom. The molecular formula is C23H18Cl2N6S. The number of thiophene rings is 1. The molecule has 0 aliphatic heterocycles. The lowest BCUT2D eigenvalue weighted by atomic mass is 10.1. The fourth-order valence-electron chi connectivity index (χ4n) is 3.46. The SMILES string of the molecule is Nc1c2c(-c3ccccc3)nc(NCCc3cccs3)nc2nn1-c1ccc(Cl)c(Cl)c1. The molecule has 0 amide bonds. The smallest absolute Gasteiger partial charge is 0.225 e.